The van der Waals surface area contributed by atoms with Crippen LogP contribution in [0.2, 0.25) is 0 Å². The van der Waals surface area contributed by atoms with Crippen LogP contribution in [0.25, 0.3) is 0 Å². The second-order valence-electron chi connectivity index (χ2n) is 7.55. The normalized spacial score (nSPS) is 18.3. The summed E-state index contributed by atoms with van der Waals surface area (Å²) in [7, 11) is 2.66. The van der Waals surface area contributed by atoms with Crippen molar-refractivity contribution < 1.29 is 31.9 Å². The van der Waals surface area contributed by atoms with Gasteiger partial charge in [-0.05, 0) is 55.5 Å². The fourth-order valence-electron chi connectivity index (χ4n) is 3.73. The van der Waals surface area contributed by atoms with E-state index in [1.807, 2.05) is 0 Å². The van der Waals surface area contributed by atoms with Crippen molar-refractivity contribution in [3.63, 3.8) is 0 Å². The van der Waals surface area contributed by atoms with E-state index < -0.39 is 40.5 Å². The average Bonchev–Trinajstić information content (AvgIpc) is 2.97. The molecule has 1 N–H and O–H groups in total. The molecule has 2 aromatic rings. The van der Waals surface area contributed by atoms with Gasteiger partial charge in [-0.3, -0.25) is 14.5 Å². The fourth-order valence-corrected chi connectivity index (χ4v) is 4.23. The molecule has 1 atom stereocenters. The largest absolute Gasteiger partial charge is 0.417 e. The molecule has 0 aromatic heterocycles. The maximum absolute atomic E-state index is 14.7. The number of nitriles is 1. The smallest absolute Gasteiger partial charge is 0.382 e. The van der Waals surface area contributed by atoms with Crippen molar-refractivity contribution >= 4 is 40.5 Å². The summed E-state index contributed by atoms with van der Waals surface area (Å²) in [6.45, 7) is 1.22. The molecule has 0 radical (unpaired) electrons. The minimum Gasteiger partial charge on any atom is -0.382 e. The highest BCUT2D eigenvalue weighted by Crippen LogP contribution is 2.40. The molecule has 34 heavy (non-hydrogen) atoms. The average molecular weight is 494 g/mol. The molecular formula is C22H18F4N4O3S. The first-order valence-corrected chi connectivity index (χ1v) is 10.1. The van der Waals surface area contributed by atoms with Crippen LogP contribution in [-0.2, 0) is 15.7 Å². The van der Waals surface area contributed by atoms with Gasteiger partial charge in [-0.25, -0.2) is 4.39 Å². The Hall–Kier alpha value is -3.56. The van der Waals surface area contributed by atoms with Crippen molar-refractivity contribution in [3.05, 3.63) is 58.9 Å². The van der Waals surface area contributed by atoms with Crippen LogP contribution in [0.1, 0.15) is 28.4 Å². The van der Waals surface area contributed by atoms with Gasteiger partial charge in [0.2, 0.25) is 0 Å². The minimum atomic E-state index is -4.85. The van der Waals surface area contributed by atoms with Crippen LogP contribution in [0.15, 0.2) is 36.4 Å². The monoisotopic (exact) mass is 494 g/mol. The first-order valence-electron chi connectivity index (χ1n) is 9.71. The van der Waals surface area contributed by atoms with E-state index in [4.69, 9.17) is 22.2 Å². The summed E-state index contributed by atoms with van der Waals surface area (Å²) in [5, 5.41) is 11.1. The highest BCUT2D eigenvalue weighted by molar-refractivity contribution is 7.81. The zero-order valence-corrected chi connectivity index (χ0v) is 19.0. The third-order valence-electron chi connectivity index (χ3n) is 5.34. The number of halogens is 4. The van der Waals surface area contributed by atoms with Gasteiger partial charge >= 0.3 is 6.18 Å². The standard InChI is InChI=1S/C22H18F4N4O3S/c1-21(11-33-3)19(32)29(13-5-4-12(10-27)16(8-13)22(24,25)26)20(34)30(21)14-6-7-15(17(23)9-14)18(31)28-2/h4-9H,11H2,1-3H3,(H,28,31)/t21-/m1/s1. The quantitative estimate of drug-likeness (QED) is 0.505. The number of amides is 2. The minimum absolute atomic E-state index is 0.0928. The number of hydrogen-bond donors (Lipinski definition) is 1. The van der Waals surface area contributed by atoms with E-state index in [0.29, 0.717) is 6.07 Å². The molecule has 0 spiro atoms. The Balaban J connectivity index is 2.16. The predicted molar refractivity (Wildman–Crippen MR) is 119 cm³/mol. The summed E-state index contributed by atoms with van der Waals surface area (Å²) in [5.74, 6) is -2.27. The number of anilines is 2. The molecule has 1 aliphatic rings. The molecule has 12 heteroatoms. The van der Waals surface area contributed by atoms with E-state index in [1.54, 1.807) is 0 Å². The van der Waals surface area contributed by atoms with Crippen molar-refractivity contribution in [1.82, 2.24) is 5.32 Å². The molecule has 178 valence electrons. The van der Waals surface area contributed by atoms with Crippen molar-refractivity contribution in [2.24, 2.45) is 0 Å². The number of carbonyl (C=O) groups excluding carboxylic acids is 2. The van der Waals surface area contributed by atoms with Crippen LogP contribution in [-0.4, -0.2) is 43.2 Å². The summed E-state index contributed by atoms with van der Waals surface area (Å²) in [6, 6.07) is 7.83. The molecule has 3 rings (SSSR count). The number of benzene rings is 2. The fraction of sp³-hybridized carbons (Fsp3) is 0.273. The van der Waals surface area contributed by atoms with Crippen LogP contribution in [0.5, 0.6) is 0 Å². The van der Waals surface area contributed by atoms with E-state index in [2.05, 4.69) is 5.32 Å². The van der Waals surface area contributed by atoms with Gasteiger partial charge < -0.3 is 15.0 Å². The molecule has 1 fully saturated rings. The Labute approximate surface area is 197 Å². The first-order chi connectivity index (χ1) is 15.9. The molecule has 7 nitrogen and oxygen atoms in total. The highest BCUT2D eigenvalue weighted by atomic mass is 32.1. The lowest BCUT2D eigenvalue weighted by Crippen LogP contribution is -2.51. The van der Waals surface area contributed by atoms with Gasteiger partial charge in [-0.15, -0.1) is 0 Å². The van der Waals surface area contributed by atoms with Gasteiger partial charge in [0.25, 0.3) is 11.8 Å². The number of alkyl halides is 3. The predicted octanol–water partition coefficient (Wildman–Crippen LogP) is 3.62. The van der Waals surface area contributed by atoms with E-state index in [9.17, 15) is 27.2 Å². The van der Waals surface area contributed by atoms with Crippen molar-refractivity contribution in [1.29, 1.82) is 5.26 Å². The van der Waals surface area contributed by atoms with Gasteiger partial charge in [0.05, 0.1) is 35.1 Å². The zero-order chi connectivity index (χ0) is 25.4. The summed E-state index contributed by atoms with van der Waals surface area (Å²) < 4.78 is 60.3. The number of ether oxygens (including phenoxy) is 1. The lowest BCUT2D eigenvalue weighted by Gasteiger charge is -2.32. The molecule has 1 saturated heterocycles. The molecule has 0 saturated carbocycles. The maximum Gasteiger partial charge on any atom is 0.417 e. The zero-order valence-electron chi connectivity index (χ0n) is 18.2. The van der Waals surface area contributed by atoms with Gasteiger partial charge in [0.15, 0.2) is 5.11 Å². The Morgan fingerprint density at radius 3 is 2.41 bits per heavy atom. The third-order valence-corrected chi connectivity index (χ3v) is 5.70. The van der Waals surface area contributed by atoms with Crippen LogP contribution in [0, 0.1) is 17.1 Å². The molecule has 0 aliphatic carbocycles. The van der Waals surface area contributed by atoms with E-state index in [-0.39, 0.29) is 28.7 Å². The van der Waals surface area contributed by atoms with Crippen molar-refractivity contribution in [2.75, 3.05) is 30.6 Å². The number of thiocarbonyl (C=S) groups is 1. The number of nitrogens with zero attached hydrogens (tertiary/aromatic N) is 3. The lowest BCUT2D eigenvalue weighted by molar-refractivity contribution is -0.137. The van der Waals surface area contributed by atoms with Crippen LogP contribution >= 0.6 is 12.2 Å². The number of nitrogens with one attached hydrogen (secondary N) is 1. The highest BCUT2D eigenvalue weighted by Gasteiger charge is 2.54. The second-order valence-corrected chi connectivity index (χ2v) is 7.91. The topological polar surface area (TPSA) is 85.7 Å². The summed E-state index contributed by atoms with van der Waals surface area (Å²) in [4.78, 5) is 27.4. The molecule has 1 heterocycles. The Bertz CT molecular complexity index is 1230. The SMILES string of the molecule is CNC(=O)c1ccc(N2C(=S)N(c3ccc(C#N)c(C(F)(F)F)c3)C(=O)[C@@]2(C)COC)cc1F. The Morgan fingerprint density at radius 2 is 1.88 bits per heavy atom. The molecule has 0 bridgehead atoms. The van der Waals surface area contributed by atoms with Crippen LogP contribution in [0.4, 0.5) is 28.9 Å². The number of hydrogen-bond acceptors (Lipinski definition) is 5. The van der Waals surface area contributed by atoms with E-state index in [0.717, 1.165) is 17.0 Å². The number of methoxy groups -OCH3 is 1. The molecular weight excluding hydrogens is 476 g/mol. The summed E-state index contributed by atoms with van der Waals surface area (Å²) in [6.07, 6.45) is -4.85. The second kappa shape index (κ2) is 9.00. The summed E-state index contributed by atoms with van der Waals surface area (Å²) in [5.41, 5.74) is -3.74. The summed E-state index contributed by atoms with van der Waals surface area (Å²) >= 11 is 5.44. The lowest BCUT2D eigenvalue weighted by atomic mass is 10.00. The van der Waals surface area contributed by atoms with Gasteiger partial charge in [-0.2, -0.15) is 18.4 Å². The molecule has 2 aromatic carbocycles. The van der Waals surface area contributed by atoms with Gasteiger partial charge in [0, 0.05) is 19.8 Å². The molecule has 0 unspecified atom stereocenters. The van der Waals surface area contributed by atoms with E-state index in [1.165, 1.54) is 50.2 Å². The molecule has 1 aliphatic heterocycles. The van der Waals surface area contributed by atoms with E-state index >= 15 is 0 Å². The Morgan fingerprint density at radius 1 is 1.24 bits per heavy atom. The van der Waals surface area contributed by atoms with Crippen molar-refractivity contribution in [2.45, 2.75) is 18.6 Å². The Kier molecular flexibility index (Phi) is 6.64. The van der Waals surface area contributed by atoms with Crippen molar-refractivity contribution in [3.8, 4) is 6.07 Å². The number of carbonyl (C=O) groups is 2. The van der Waals surface area contributed by atoms with Gasteiger partial charge in [0.1, 0.15) is 11.4 Å². The first kappa shape index (κ1) is 25.1. The number of rotatable bonds is 5. The molecule has 2 amide bonds. The van der Waals surface area contributed by atoms with Crippen LogP contribution in [0.3, 0.4) is 0 Å². The maximum atomic E-state index is 14.7. The van der Waals surface area contributed by atoms with Crippen LogP contribution < -0.4 is 15.1 Å². The third kappa shape index (κ3) is 4.08. The van der Waals surface area contributed by atoms with Gasteiger partial charge in [-0.1, -0.05) is 0 Å².